The summed E-state index contributed by atoms with van der Waals surface area (Å²) in [6.45, 7) is 5.04. The molecule has 0 radical (unpaired) electrons. The van der Waals surface area contributed by atoms with Gasteiger partial charge in [0.1, 0.15) is 5.82 Å². The Kier molecular flexibility index (Phi) is 4.92. The quantitative estimate of drug-likeness (QED) is 0.725. The van der Waals surface area contributed by atoms with E-state index in [9.17, 15) is 4.39 Å². The van der Waals surface area contributed by atoms with E-state index in [2.05, 4.69) is 0 Å². The fraction of sp³-hybridized carbons (Fsp3) is 0.455. The first-order chi connectivity index (χ1) is 7.50. The third kappa shape index (κ3) is 3.92. The van der Waals surface area contributed by atoms with Crippen molar-refractivity contribution in [3.63, 3.8) is 0 Å². The topological polar surface area (TPSA) is 49.7 Å². The lowest BCUT2D eigenvalue weighted by atomic mass is 9.79. The minimum absolute atomic E-state index is 0.120. The number of rotatable bonds is 5. The van der Waals surface area contributed by atoms with Crippen LogP contribution in [-0.4, -0.2) is 23.8 Å². The smallest absolute Gasteiger partial charge is 0.423 e. The Labute approximate surface area is 95.0 Å². The zero-order valence-electron chi connectivity index (χ0n) is 9.48. The van der Waals surface area contributed by atoms with Gasteiger partial charge in [0.25, 0.3) is 0 Å². The Morgan fingerprint density at radius 3 is 2.62 bits per heavy atom. The predicted molar refractivity (Wildman–Crippen MR) is 60.7 cm³/mol. The highest BCUT2D eigenvalue weighted by molar-refractivity contribution is 6.58. The molecule has 0 aliphatic rings. The summed E-state index contributed by atoms with van der Waals surface area (Å²) in [6, 6.07) is 4.19. The molecule has 1 aromatic rings. The molecule has 0 saturated carbocycles. The van der Waals surface area contributed by atoms with Gasteiger partial charge in [-0.1, -0.05) is 26.0 Å². The van der Waals surface area contributed by atoms with Gasteiger partial charge in [0.05, 0.1) is 6.61 Å². The number of hydrogen-bond donors (Lipinski definition) is 2. The summed E-state index contributed by atoms with van der Waals surface area (Å²) in [4.78, 5) is 0. The summed E-state index contributed by atoms with van der Waals surface area (Å²) in [5.41, 5.74) is 0.607. The summed E-state index contributed by atoms with van der Waals surface area (Å²) < 4.78 is 18.5. The Morgan fingerprint density at radius 1 is 1.38 bits per heavy atom. The van der Waals surface area contributed by atoms with Crippen LogP contribution in [0, 0.1) is 11.7 Å². The highest BCUT2D eigenvalue weighted by Gasteiger charge is 2.16. The lowest BCUT2D eigenvalue weighted by Gasteiger charge is -2.08. The van der Waals surface area contributed by atoms with Crippen LogP contribution >= 0.6 is 0 Å². The van der Waals surface area contributed by atoms with Crippen molar-refractivity contribution in [1.82, 2.24) is 0 Å². The van der Waals surface area contributed by atoms with E-state index in [1.165, 1.54) is 12.1 Å². The van der Waals surface area contributed by atoms with E-state index in [0.717, 1.165) is 5.56 Å². The highest BCUT2D eigenvalue weighted by atomic mass is 19.1. The molecular weight excluding hydrogens is 210 g/mol. The van der Waals surface area contributed by atoms with Crippen LogP contribution < -0.4 is 5.46 Å². The second-order valence-electron chi connectivity index (χ2n) is 4.14. The fourth-order valence-corrected chi connectivity index (χ4v) is 1.29. The molecule has 0 aliphatic carbocycles. The average Bonchev–Trinajstić information content (AvgIpc) is 2.19. The molecule has 1 aromatic carbocycles. The van der Waals surface area contributed by atoms with Gasteiger partial charge in [0.15, 0.2) is 0 Å². The van der Waals surface area contributed by atoms with Crippen molar-refractivity contribution >= 4 is 12.6 Å². The molecule has 2 N–H and O–H groups in total. The Hall–Kier alpha value is -0.905. The molecule has 0 fully saturated rings. The van der Waals surface area contributed by atoms with E-state index in [1.54, 1.807) is 6.07 Å². The van der Waals surface area contributed by atoms with E-state index in [0.29, 0.717) is 19.1 Å². The minimum Gasteiger partial charge on any atom is -0.423 e. The minimum atomic E-state index is -1.79. The van der Waals surface area contributed by atoms with Crippen LogP contribution in [0.4, 0.5) is 4.39 Å². The van der Waals surface area contributed by atoms with Crippen LogP contribution in [0.25, 0.3) is 0 Å². The molecule has 0 amide bonds. The van der Waals surface area contributed by atoms with Crippen LogP contribution in [0.2, 0.25) is 0 Å². The Balaban J connectivity index is 2.64. The third-order valence-electron chi connectivity index (χ3n) is 2.06. The van der Waals surface area contributed by atoms with Gasteiger partial charge in [-0.3, -0.25) is 0 Å². The Bertz CT molecular complexity index is 342. The van der Waals surface area contributed by atoms with Crippen molar-refractivity contribution in [2.24, 2.45) is 5.92 Å². The highest BCUT2D eigenvalue weighted by Crippen LogP contribution is 2.04. The Morgan fingerprint density at radius 2 is 2.06 bits per heavy atom. The number of hydrogen-bond acceptors (Lipinski definition) is 3. The predicted octanol–water partition coefficient (Wildman–Crippen LogP) is 0.678. The van der Waals surface area contributed by atoms with Gasteiger partial charge >= 0.3 is 7.12 Å². The van der Waals surface area contributed by atoms with E-state index in [1.807, 2.05) is 13.8 Å². The van der Waals surface area contributed by atoms with Gasteiger partial charge in [0.2, 0.25) is 0 Å². The molecule has 88 valence electrons. The van der Waals surface area contributed by atoms with Crippen molar-refractivity contribution in [3.8, 4) is 0 Å². The standard InChI is InChI=1S/C11H16BFO3/c1-8(2)6-16-7-9-3-4-11(13)10(5-9)12(14)15/h3-5,8,14-15H,6-7H2,1-2H3. The summed E-state index contributed by atoms with van der Waals surface area (Å²) in [5, 5.41) is 17.8. The van der Waals surface area contributed by atoms with Crippen molar-refractivity contribution in [3.05, 3.63) is 29.6 Å². The fourth-order valence-electron chi connectivity index (χ4n) is 1.29. The molecule has 5 heteroatoms. The van der Waals surface area contributed by atoms with Crippen molar-refractivity contribution in [2.45, 2.75) is 20.5 Å². The summed E-state index contributed by atoms with van der Waals surface area (Å²) in [6.07, 6.45) is 0. The molecule has 1 rings (SSSR count). The van der Waals surface area contributed by atoms with Crippen LogP contribution in [-0.2, 0) is 11.3 Å². The first kappa shape index (κ1) is 13.2. The largest absolute Gasteiger partial charge is 0.491 e. The normalized spacial score (nSPS) is 10.9. The molecule has 0 bridgehead atoms. The van der Waals surface area contributed by atoms with E-state index < -0.39 is 12.9 Å². The zero-order valence-corrected chi connectivity index (χ0v) is 9.48. The van der Waals surface area contributed by atoms with Crippen LogP contribution in [0.15, 0.2) is 18.2 Å². The van der Waals surface area contributed by atoms with Gasteiger partial charge < -0.3 is 14.8 Å². The molecular formula is C11H16BFO3. The molecule has 0 unspecified atom stereocenters. The number of halogens is 1. The first-order valence-corrected chi connectivity index (χ1v) is 5.23. The molecule has 0 aliphatic heterocycles. The maximum Gasteiger partial charge on any atom is 0.491 e. The third-order valence-corrected chi connectivity index (χ3v) is 2.06. The molecule has 0 spiro atoms. The van der Waals surface area contributed by atoms with Gasteiger partial charge in [-0.15, -0.1) is 0 Å². The van der Waals surface area contributed by atoms with Crippen LogP contribution in [0.1, 0.15) is 19.4 Å². The number of ether oxygens (including phenoxy) is 1. The molecule has 0 aromatic heterocycles. The average molecular weight is 226 g/mol. The maximum absolute atomic E-state index is 13.1. The van der Waals surface area contributed by atoms with Crippen molar-refractivity contribution < 1.29 is 19.2 Å². The second kappa shape index (κ2) is 5.99. The molecule has 3 nitrogen and oxygen atoms in total. The summed E-state index contributed by atoms with van der Waals surface area (Å²) in [7, 11) is -1.79. The summed E-state index contributed by atoms with van der Waals surface area (Å²) >= 11 is 0. The SMILES string of the molecule is CC(C)COCc1ccc(F)c(B(O)O)c1. The monoisotopic (exact) mass is 226 g/mol. The van der Waals surface area contributed by atoms with Crippen LogP contribution in [0.3, 0.4) is 0 Å². The van der Waals surface area contributed by atoms with Gasteiger partial charge in [-0.25, -0.2) is 4.39 Å². The molecule has 0 heterocycles. The molecule has 0 atom stereocenters. The van der Waals surface area contributed by atoms with Gasteiger partial charge in [-0.2, -0.15) is 0 Å². The van der Waals surface area contributed by atoms with E-state index >= 15 is 0 Å². The van der Waals surface area contributed by atoms with Crippen molar-refractivity contribution in [2.75, 3.05) is 6.61 Å². The number of benzene rings is 1. The lowest BCUT2D eigenvalue weighted by Crippen LogP contribution is -2.33. The first-order valence-electron chi connectivity index (χ1n) is 5.23. The summed E-state index contributed by atoms with van der Waals surface area (Å²) in [5.74, 6) is -0.189. The van der Waals surface area contributed by atoms with Crippen LogP contribution in [0.5, 0.6) is 0 Å². The molecule has 16 heavy (non-hydrogen) atoms. The van der Waals surface area contributed by atoms with E-state index in [4.69, 9.17) is 14.8 Å². The lowest BCUT2D eigenvalue weighted by molar-refractivity contribution is 0.0971. The maximum atomic E-state index is 13.1. The van der Waals surface area contributed by atoms with Crippen molar-refractivity contribution in [1.29, 1.82) is 0 Å². The van der Waals surface area contributed by atoms with E-state index in [-0.39, 0.29) is 5.46 Å². The van der Waals surface area contributed by atoms with Gasteiger partial charge in [-0.05, 0) is 17.5 Å². The molecule has 0 saturated heterocycles. The second-order valence-corrected chi connectivity index (χ2v) is 4.14. The van der Waals surface area contributed by atoms with Gasteiger partial charge in [0, 0.05) is 12.1 Å². The zero-order chi connectivity index (χ0) is 12.1.